The molecule has 194 valence electrons. The van der Waals surface area contributed by atoms with Gasteiger partial charge in [-0.1, -0.05) is 71.0 Å². The average Bonchev–Trinajstić information content (AvgIpc) is 2.95. The fraction of sp³-hybridized carbons (Fsp3) is 0.0714. The molecule has 11 heteroatoms. The van der Waals surface area contributed by atoms with Gasteiger partial charge in [0.1, 0.15) is 0 Å². The molecule has 0 atom stereocenters. The third-order valence-corrected chi connectivity index (χ3v) is 6.87. The van der Waals surface area contributed by atoms with Crippen LogP contribution in [-0.4, -0.2) is 33.5 Å². The Kier molecular flexibility index (Phi) is 8.52. The highest BCUT2D eigenvalue weighted by Gasteiger charge is 2.30. The first kappa shape index (κ1) is 27.3. The highest BCUT2D eigenvalue weighted by Crippen LogP contribution is 2.32. The van der Waals surface area contributed by atoms with Crippen LogP contribution in [0.1, 0.15) is 11.1 Å². The summed E-state index contributed by atoms with van der Waals surface area (Å²) in [5.41, 5.74) is 4.79. The predicted molar refractivity (Wildman–Crippen MR) is 156 cm³/mol. The Bertz CT molecular complexity index is 1470. The topological polar surface area (TPSA) is 129 Å². The second kappa shape index (κ2) is 12.2. The zero-order valence-corrected chi connectivity index (χ0v) is 21.6. The molecule has 0 unspecified atom stereocenters. The lowest BCUT2D eigenvalue weighted by molar-refractivity contribution is -0.385. The first-order valence-electron chi connectivity index (χ1n) is 11.8. The fourth-order valence-corrected chi connectivity index (χ4v) is 5.09. The molecule has 0 saturated heterocycles. The summed E-state index contributed by atoms with van der Waals surface area (Å²) in [6.45, 7) is -0.490. The van der Waals surface area contributed by atoms with Crippen molar-refractivity contribution in [1.29, 1.82) is 0 Å². The number of non-ortho nitro benzene ring substituents is 3. The van der Waals surface area contributed by atoms with Crippen molar-refractivity contribution in [2.24, 2.45) is 0 Å². The van der Waals surface area contributed by atoms with Gasteiger partial charge >= 0.3 is 0 Å². The van der Waals surface area contributed by atoms with Crippen molar-refractivity contribution in [2.75, 3.05) is 12.0 Å². The summed E-state index contributed by atoms with van der Waals surface area (Å²) in [6.07, 6.45) is 1.98. The maximum Gasteiger partial charge on any atom is 0.269 e. The normalized spacial score (nSPS) is 11.4. The first-order chi connectivity index (χ1) is 18.8. The number of nitrogens with zero attached hydrogens (tertiary/aromatic N) is 3. The van der Waals surface area contributed by atoms with Crippen molar-refractivity contribution in [1.82, 2.24) is 0 Å². The Hall–Kier alpha value is -4.77. The first-order valence-corrected chi connectivity index (χ1v) is 13.2. The van der Waals surface area contributed by atoms with E-state index in [0.717, 1.165) is 33.1 Å². The van der Waals surface area contributed by atoms with E-state index in [4.69, 9.17) is 0 Å². The summed E-state index contributed by atoms with van der Waals surface area (Å²) in [4.78, 5) is 32.7. The quantitative estimate of drug-likeness (QED) is 0.112. The lowest BCUT2D eigenvalue weighted by atomic mass is 9.34. The molecule has 4 rings (SSSR count). The van der Waals surface area contributed by atoms with E-state index in [9.17, 15) is 30.3 Å². The summed E-state index contributed by atoms with van der Waals surface area (Å²) in [6, 6.07) is 28.4. The van der Waals surface area contributed by atoms with Crippen molar-refractivity contribution < 1.29 is 14.8 Å². The Morgan fingerprint density at radius 2 is 1.03 bits per heavy atom. The van der Waals surface area contributed by atoms with Gasteiger partial charge in [-0.05, 0) is 35.1 Å². The Balaban J connectivity index is 2.05. The molecule has 0 amide bonds. The zero-order chi connectivity index (χ0) is 27.9. The van der Waals surface area contributed by atoms with Gasteiger partial charge < -0.3 is 0 Å². The maximum atomic E-state index is 11.4. The maximum absolute atomic E-state index is 11.4. The van der Waals surface area contributed by atoms with Gasteiger partial charge in [0.25, 0.3) is 17.1 Å². The summed E-state index contributed by atoms with van der Waals surface area (Å²) < 4.78 is 0. The van der Waals surface area contributed by atoms with Crippen molar-refractivity contribution in [2.45, 2.75) is 0 Å². The van der Waals surface area contributed by atoms with E-state index >= 15 is 0 Å². The predicted octanol–water partition coefficient (Wildman–Crippen LogP) is 5.53. The van der Waals surface area contributed by atoms with Gasteiger partial charge in [0.2, 0.25) is 6.71 Å². The molecule has 0 radical (unpaired) electrons. The Labute approximate surface area is 228 Å². The molecule has 0 aliphatic heterocycles. The Morgan fingerprint density at radius 1 is 0.615 bits per heavy atom. The summed E-state index contributed by atoms with van der Waals surface area (Å²) >= 11 is 1.61. The van der Waals surface area contributed by atoms with Gasteiger partial charge in [0.05, 0.1) is 14.8 Å². The smallest absolute Gasteiger partial charge is 0.258 e. The van der Waals surface area contributed by atoms with Crippen LogP contribution in [0, 0.1) is 30.3 Å². The van der Waals surface area contributed by atoms with Crippen LogP contribution in [0.4, 0.5) is 17.1 Å². The number of rotatable bonds is 10. The number of hydrogen-bond donors (Lipinski definition) is 0. The molecule has 0 spiro atoms. The second-order valence-electron chi connectivity index (χ2n) is 8.63. The van der Waals surface area contributed by atoms with Gasteiger partial charge in [-0.3, -0.25) is 30.3 Å². The summed E-state index contributed by atoms with van der Waals surface area (Å²) in [5, 5.41) is 34.1. The lowest BCUT2D eigenvalue weighted by Gasteiger charge is -2.24. The van der Waals surface area contributed by atoms with Gasteiger partial charge in [-0.2, -0.15) is 11.8 Å². The number of nitro benzene ring substituents is 3. The number of hydrogen-bond acceptors (Lipinski definition) is 7. The van der Waals surface area contributed by atoms with E-state index in [-0.39, 0.29) is 17.1 Å². The van der Waals surface area contributed by atoms with Crippen LogP contribution in [0.15, 0.2) is 103 Å². The van der Waals surface area contributed by atoms with Crippen LogP contribution in [0.3, 0.4) is 0 Å². The van der Waals surface area contributed by atoms with Crippen molar-refractivity contribution in [3.05, 3.63) is 145 Å². The average molecular weight is 539 g/mol. The SMILES string of the molecule is CSC/C(=C(\B(c1ccc([N+](=O)[O-])cc1)c1ccc([N+](=O)[O-])cc1)c1ccc([N+](=O)[O-])cc1)c1ccccc1. The van der Waals surface area contributed by atoms with Gasteiger partial charge in [0, 0.05) is 42.2 Å². The molecule has 0 saturated carbocycles. The highest BCUT2D eigenvalue weighted by molar-refractivity contribution is 7.99. The molecule has 4 aromatic rings. The van der Waals surface area contributed by atoms with E-state index in [2.05, 4.69) is 0 Å². The highest BCUT2D eigenvalue weighted by atomic mass is 32.2. The third-order valence-electron chi connectivity index (χ3n) is 6.29. The molecule has 4 aromatic carbocycles. The van der Waals surface area contributed by atoms with Gasteiger partial charge in [-0.25, -0.2) is 0 Å². The number of nitro groups is 3. The molecule has 0 heterocycles. The minimum absolute atomic E-state index is 0.0496. The van der Waals surface area contributed by atoms with E-state index < -0.39 is 21.5 Å². The molecule has 0 aliphatic rings. The molecular formula is C28H22BN3O6S. The van der Waals surface area contributed by atoms with Crippen LogP contribution in [0.25, 0.3) is 11.0 Å². The van der Waals surface area contributed by atoms with Crippen LogP contribution >= 0.6 is 11.8 Å². The van der Waals surface area contributed by atoms with E-state index in [1.54, 1.807) is 48.2 Å². The molecule has 0 fully saturated rings. The van der Waals surface area contributed by atoms with E-state index in [1.165, 1.54) is 36.4 Å². The van der Waals surface area contributed by atoms with Crippen LogP contribution in [0.5, 0.6) is 0 Å². The molecule has 0 N–H and O–H groups in total. The largest absolute Gasteiger partial charge is 0.269 e. The van der Waals surface area contributed by atoms with Crippen molar-refractivity contribution >= 4 is 57.5 Å². The molecule has 0 bridgehead atoms. The van der Waals surface area contributed by atoms with Crippen molar-refractivity contribution in [3.63, 3.8) is 0 Å². The van der Waals surface area contributed by atoms with Crippen molar-refractivity contribution in [3.8, 4) is 0 Å². The lowest BCUT2D eigenvalue weighted by Crippen LogP contribution is -2.44. The number of benzene rings is 4. The number of thioether (sulfide) groups is 1. The molecule has 0 aromatic heterocycles. The summed E-state index contributed by atoms with van der Waals surface area (Å²) in [5.74, 6) is 0.604. The van der Waals surface area contributed by atoms with Crippen LogP contribution < -0.4 is 10.9 Å². The molecule has 0 aliphatic carbocycles. The standard InChI is InChI=1S/C28H22BN3O6S/c1-39-19-27(20-5-3-2-4-6-20)28(21-7-13-24(14-8-21)30(33)34)29(22-9-15-25(16-10-22)31(35)36)23-11-17-26(18-12-23)32(37)38/h2-18H,19H2,1H3/b28-27+. The van der Waals surface area contributed by atoms with E-state index in [0.29, 0.717) is 5.75 Å². The van der Waals surface area contributed by atoms with Crippen LogP contribution in [0.2, 0.25) is 0 Å². The molecular weight excluding hydrogens is 517 g/mol. The van der Waals surface area contributed by atoms with Gasteiger partial charge in [0.15, 0.2) is 0 Å². The zero-order valence-electron chi connectivity index (χ0n) is 20.8. The minimum atomic E-state index is -0.490. The minimum Gasteiger partial charge on any atom is -0.258 e. The molecule has 9 nitrogen and oxygen atoms in total. The van der Waals surface area contributed by atoms with E-state index in [1.807, 2.05) is 36.6 Å². The molecule has 39 heavy (non-hydrogen) atoms. The second-order valence-corrected chi connectivity index (χ2v) is 9.49. The van der Waals surface area contributed by atoms with Gasteiger partial charge in [-0.15, -0.1) is 0 Å². The summed E-state index contributed by atoms with van der Waals surface area (Å²) in [7, 11) is 0. The monoisotopic (exact) mass is 539 g/mol. The van der Waals surface area contributed by atoms with Crippen LogP contribution in [-0.2, 0) is 0 Å². The fourth-order valence-electron chi connectivity index (χ4n) is 4.48. The Morgan fingerprint density at radius 3 is 1.41 bits per heavy atom. The third kappa shape index (κ3) is 6.21.